The number of aryl methyl sites for hydroxylation is 2. The van der Waals surface area contributed by atoms with E-state index in [0.29, 0.717) is 0 Å². The lowest BCUT2D eigenvalue weighted by Crippen LogP contribution is -2.29. The fourth-order valence-corrected chi connectivity index (χ4v) is 3.51. The SMILES string of the molecule is CCCC(CC)(c1ccc(C)cn1)c1cc2n(n1)CCCN2. The Balaban J connectivity index is 2.08. The first kappa shape index (κ1) is 15.1. The van der Waals surface area contributed by atoms with Gasteiger partial charge >= 0.3 is 0 Å². The van der Waals surface area contributed by atoms with Gasteiger partial charge in [0.25, 0.3) is 0 Å². The van der Waals surface area contributed by atoms with Crippen LogP contribution in [0.3, 0.4) is 0 Å². The second-order valence-electron chi connectivity index (χ2n) is 6.32. The summed E-state index contributed by atoms with van der Waals surface area (Å²) in [7, 11) is 0. The molecule has 0 aromatic carbocycles. The summed E-state index contributed by atoms with van der Waals surface area (Å²) in [6.07, 6.45) is 6.34. The number of anilines is 1. The molecule has 1 N–H and O–H groups in total. The van der Waals surface area contributed by atoms with E-state index in [1.165, 1.54) is 5.56 Å². The standard InChI is InChI=1S/C18H26N4/c1-4-9-18(5-2,15-8-7-14(3)13-20-15)16-12-17-19-10-6-11-22(17)21-16/h7-8,12-13,19H,4-6,9-11H2,1-3H3. The number of fused-ring (bicyclic) bond motifs is 1. The minimum Gasteiger partial charge on any atom is -0.370 e. The van der Waals surface area contributed by atoms with Crippen molar-refractivity contribution in [2.75, 3.05) is 11.9 Å². The summed E-state index contributed by atoms with van der Waals surface area (Å²) >= 11 is 0. The first-order valence-corrected chi connectivity index (χ1v) is 8.45. The maximum atomic E-state index is 4.93. The van der Waals surface area contributed by atoms with E-state index >= 15 is 0 Å². The van der Waals surface area contributed by atoms with Crippen molar-refractivity contribution in [3.05, 3.63) is 41.3 Å². The highest BCUT2D eigenvalue weighted by Gasteiger charge is 2.36. The molecule has 1 unspecified atom stereocenters. The van der Waals surface area contributed by atoms with Crippen molar-refractivity contribution in [3.8, 4) is 0 Å². The molecule has 0 amide bonds. The minimum absolute atomic E-state index is 0.0749. The van der Waals surface area contributed by atoms with Gasteiger partial charge in [0.1, 0.15) is 5.82 Å². The van der Waals surface area contributed by atoms with E-state index < -0.39 is 0 Å². The fraction of sp³-hybridized carbons (Fsp3) is 0.556. The summed E-state index contributed by atoms with van der Waals surface area (Å²) in [5.74, 6) is 1.15. The molecule has 0 spiro atoms. The highest BCUT2D eigenvalue weighted by atomic mass is 15.3. The number of rotatable bonds is 5. The van der Waals surface area contributed by atoms with Crippen LogP contribution in [0.1, 0.15) is 56.5 Å². The van der Waals surface area contributed by atoms with Gasteiger partial charge in [0.15, 0.2) is 0 Å². The Labute approximate surface area is 133 Å². The molecular weight excluding hydrogens is 272 g/mol. The number of nitrogens with one attached hydrogen (secondary N) is 1. The molecule has 0 bridgehead atoms. The first-order chi connectivity index (χ1) is 10.7. The summed E-state index contributed by atoms with van der Waals surface area (Å²) < 4.78 is 2.12. The molecule has 2 aromatic heterocycles. The van der Waals surface area contributed by atoms with Crippen LogP contribution in [0.25, 0.3) is 0 Å². The summed E-state index contributed by atoms with van der Waals surface area (Å²) in [6.45, 7) is 8.63. The van der Waals surface area contributed by atoms with Crippen LogP contribution in [0.4, 0.5) is 5.82 Å². The number of aromatic nitrogens is 3. The Morgan fingerprint density at radius 3 is 2.77 bits per heavy atom. The molecule has 22 heavy (non-hydrogen) atoms. The van der Waals surface area contributed by atoms with Gasteiger partial charge < -0.3 is 5.32 Å². The molecule has 0 fully saturated rings. The zero-order valence-electron chi connectivity index (χ0n) is 13.9. The quantitative estimate of drug-likeness (QED) is 0.910. The maximum absolute atomic E-state index is 4.93. The third-order valence-electron chi connectivity index (χ3n) is 4.81. The van der Waals surface area contributed by atoms with E-state index in [-0.39, 0.29) is 5.41 Å². The van der Waals surface area contributed by atoms with Gasteiger partial charge in [-0.3, -0.25) is 4.98 Å². The third kappa shape index (κ3) is 2.51. The maximum Gasteiger partial charge on any atom is 0.124 e. The third-order valence-corrected chi connectivity index (χ3v) is 4.81. The van der Waals surface area contributed by atoms with E-state index in [1.807, 2.05) is 6.20 Å². The lowest BCUT2D eigenvalue weighted by atomic mass is 9.74. The van der Waals surface area contributed by atoms with Crippen LogP contribution >= 0.6 is 0 Å². The fourth-order valence-electron chi connectivity index (χ4n) is 3.51. The Hall–Kier alpha value is -1.84. The number of hydrogen-bond donors (Lipinski definition) is 1. The molecule has 4 heteroatoms. The predicted octanol–water partition coefficient (Wildman–Crippen LogP) is 3.90. The van der Waals surface area contributed by atoms with Crippen LogP contribution in [0.2, 0.25) is 0 Å². The van der Waals surface area contributed by atoms with Gasteiger partial charge in [-0.15, -0.1) is 0 Å². The van der Waals surface area contributed by atoms with Crippen molar-refractivity contribution in [1.29, 1.82) is 0 Å². The molecule has 0 aliphatic carbocycles. The average molecular weight is 298 g/mol. The van der Waals surface area contributed by atoms with E-state index in [4.69, 9.17) is 10.1 Å². The topological polar surface area (TPSA) is 42.7 Å². The molecular formula is C18H26N4. The largest absolute Gasteiger partial charge is 0.370 e. The molecule has 0 radical (unpaired) electrons. The van der Waals surface area contributed by atoms with Crippen LogP contribution in [-0.2, 0) is 12.0 Å². The predicted molar refractivity (Wildman–Crippen MR) is 90.3 cm³/mol. The summed E-state index contributed by atoms with van der Waals surface area (Å²) in [4.78, 5) is 4.75. The lowest BCUT2D eigenvalue weighted by molar-refractivity contribution is 0.416. The molecule has 2 aromatic rings. The molecule has 3 heterocycles. The van der Waals surface area contributed by atoms with Gasteiger partial charge in [-0.2, -0.15) is 5.10 Å². The van der Waals surface area contributed by atoms with Crippen molar-refractivity contribution < 1.29 is 0 Å². The lowest BCUT2D eigenvalue weighted by Gasteiger charge is -2.30. The Bertz CT molecular complexity index is 606. The molecule has 1 aliphatic heterocycles. The van der Waals surface area contributed by atoms with Gasteiger partial charge in [0.2, 0.25) is 0 Å². The van der Waals surface area contributed by atoms with Crippen molar-refractivity contribution in [2.45, 2.75) is 58.4 Å². The number of hydrogen-bond acceptors (Lipinski definition) is 3. The zero-order chi connectivity index (χ0) is 15.6. The van der Waals surface area contributed by atoms with Gasteiger partial charge in [-0.25, -0.2) is 4.68 Å². The van der Waals surface area contributed by atoms with Crippen molar-refractivity contribution in [3.63, 3.8) is 0 Å². The Morgan fingerprint density at radius 2 is 2.14 bits per heavy atom. The van der Waals surface area contributed by atoms with Gasteiger partial charge in [-0.1, -0.05) is 26.3 Å². The molecule has 0 saturated heterocycles. The molecule has 118 valence electrons. The molecule has 3 rings (SSSR count). The summed E-state index contributed by atoms with van der Waals surface area (Å²) in [5.41, 5.74) is 3.45. The first-order valence-electron chi connectivity index (χ1n) is 8.45. The zero-order valence-corrected chi connectivity index (χ0v) is 13.9. The van der Waals surface area contributed by atoms with E-state index in [9.17, 15) is 0 Å². The highest BCUT2D eigenvalue weighted by Crippen LogP contribution is 2.39. The highest BCUT2D eigenvalue weighted by molar-refractivity contribution is 5.43. The Morgan fingerprint density at radius 1 is 1.27 bits per heavy atom. The van der Waals surface area contributed by atoms with Crippen LogP contribution in [0.15, 0.2) is 24.4 Å². The van der Waals surface area contributed by atoms with Gasteiger partial charge in [0, 0.05) is 25.4 Å². The smallest absolute Gasteiger partial charge is 0.124 e. The second kappa shape index (κ2) is 6.11. The Kier molecular flexibility index (Phi) is 4.19. The van der Waals surface area contributed by atoms with Crippen LogP contribution in [-0.4, -0.2) is 21.3 Å². The summed E-state index contributed by atoms with van der Waals surface area (Å²) in [6, 6.07) is 6.58. The molecule has 4 nitrogen and oxygen atoms in total. The molecule has 1 atom stereocenters. The average Bonchev–Trinajstić information content (AvgIpc) is 2.98. The second-order valence-corrected chi connectivity index (χ2v) is 6.32. The number of nitrogens with zero attached hydrogens (tertiary/aromatic N) is 3. The summed E-state index contributed by atoms with van der Waals surface area (Å²) in [5, 5.41) is 8.39. The minimum atomic E-state index is -0.0749. The van der Waals surface area contributed by atoms with Crippen LogP contribution in [0, 0.1) is 6.92 Å². The van der Waals surface area contributed by atoms with Crippen molar-refractivity contribution >= 4 is 5.82 Å². The van der Waals surface area contributed by atoms with E-state index in [0.717, 1.165) is 56.0 Å². The van der Waals surface area contributed by atoms with Crippen LogP contribution in [0.5, 0.6) is 0 Å². The monoisotopic (exact) mass is 298 g/mol. The van der Waals surface area contributed by atoms with E-state index in [1.54, 1.807) is 0 Å². The van der Waals surface area contributed by atoms with Gasteiger partial charge in [-0.05, 0) is 37.8 Å². The normalized spacial score (nSPS) is 16.7. The van der Waals surface area contributed by atoms with E-state index in [2.05, 4.69) is 49.0 Å². The van der Waals surface area contributed by atoms with Crippen molar-refractivity contribution in [2.24, 2.45) is 0 Å². The van der Waals surface area contributed by atoms with Gasteiger partial charge in [0.05, 0.1) is 16.8 Å². The molecule has 1 aliphatic rings. The number of pyridine rings is 1. The van der Waals surface area contributed by atoms with Crippen LogP contribution < -0.4 is 5.32 Å². The van der Waals surface area contributed by atoms with Crippen molar-refractivity contribution in [1.82, 2.24) is 14.8 Å². The molecule has 0 saturated carbocycles.